The highest BCUT2D eigenvalue weighted by Crippen LogP contribution is 2.39. The van der Waals surface area contributed by atoms with E-state index in [9.17, 15) is 0 Å². The first kappa shape index (κ1) is 22.3. The topological polar surface area (TPSA) is 26.0 Å². The number of nitrogens with zero attached hydrogens (tertiary/aromatic N) is 1. The smallest absolute Gasteiger partial charge is 0.153 e. The number of hydrogen-bond acceptors (Lipinski definition) is 2. The van der Waals surface area contributed by atoms with Gasteiger partial charge in [-0.1, -0.05) is 78.3 Å². The molecule has 0 aliphatic heterocycles. The van der Waals surface area contributed by atoms with Gasteiger partial charge in [-0.2, -0.15) is 0 Å². The molecule has 2 aromatic heterocycles. The number of rotatable bonds is 4. The minimum Gasteiger partial charge on any atom is -0.454 e. The van der Waals surface area contributed by atoms with Crippen molar-refractivity contribution in [2.45, 2.75) is 72.6 Å². The van der Waals surface area contributed by atoms with Gasteiger partial charge in [0.15, 0.2) is 5.58 Å². The SMILES string of the molecule is Cc1cc(-c2ccc3oc(-c4c(C(C)C)cccc4C(C)C)cc3n2)cc(C(C)(C)C)c1. The molecule has 0 fully saturated rings. The molecule has 2 aromatic carbocycles. The fourth-order valence-corrected chi connectivity index (χ4v) is 4.41. The third-order valence-corrected chi connectivity index (χ3v) is 6.23. The maximum Gasteiger partial charge on any atom is 0.153 e. The summed E-state index contributed by atoms with van der Waals surface area (Å²) in [6.07, 6.45) is 0. The van der Waals surface area contributed by atoms with E-state index in [0.29, 0.717) is 11.8 Å². The molecule has 0 saturated carbocycles. The number of furan rings is 1. The highest BCUT2D eigenvalue weighted by Gasteiger charge is 2.20. The molecule has 0 aliphatic rings. The molecule has 4 rings (SSSR count). The van der Waals surface area contributed by atoms with Crippen LogP contribution in [0, 0.1) is 6.92 Å². The molecule has 2 heterocycles. The van der Waals surface area contributed by atoms with Crippen molar-refractivity contribution >= 4 is 11.1 Å². The first-order chi connectivity index (χ1) is 15.0. The Morgan fingerprint density at radius 1 is 0.812 bits per heavy atom. The van der Waals surface area contributed by atoms with E-state index < -0.39 is 0 Å². The predicted molar refractivity (Wildman–Crippen MR) is 136 cm³/mol. The number of pyridine rings is 1. The minimum atomic E-state index is 0.0987. The molecular weight excluding hydrogens is 390 g/mol. The Kier molecular flexibility index (Phi) is 5.75. The molecular formula is C30H35NO. The van der Waals surface area contributed by atoms with Crippen molar-refractivity contribution in [3.63, 3.8) is 0 Å². The number of benzene rings is 2. The molecule has 4 aromatic rings. The Morgan fingerprint density at radius 3 is 2.06 bits per heavy atom. The average Bonchev–Trinajstić information content (AvgIpc) is 3.15. The predicted octanol–water partition coefficient (Wildman–Crippen LogP) is 9.01. The van der Waals surface area contributed by atoms with Gasteiger partial charge in [0.2, 0.25) is 0 Å². The van der Waals surface area contributed by atoms with Crippen LogP contribution in [0.2, 0.25) is 0 Å². The van der Waals surface area contributed by atoms with Gasteiger partial charge in [0.1, 0.15) is 11.3 Å². The molecule has 0 unspecified atom stereocenters. The summed E-state index contributed by atoms with van der Waals surface area (Å²) in [7, 11) is 0. The summed E-state index contributed by atoms with van der Waals surface area (Å²) in [6.45, 7) is 17.9. The van der Waals surface area contributed by atoms with E-state index in [1.54, 1.807) is 0 Å². The van der Waals surface area contributed by atoms with Crippen LogP contribution in [-0.2, 0) is 5.41 Å². The monoisotopic (exact) mass is 425 g/mol. The van der Waals surface area contributed by atoms with Gasteiger partial charge in [0.05, 0.1) is 5.69 Å². The van der Waals surface area contributed by atoms with Gasteiger partial charge in [-0.3, -0.25) is 0 Å². The van der Waals surface area contributed by atoms with Crippen LogP contribution in [0.3, 0.4) is 0 Å². The van der Waals surface area contributed by atoms with E-state index in [1.165, 1.54) is 27.8 Å². The zero-order valence-corrected chi connectivity index (χ0v) is 20.7. The van der Waals surface area contributed by atoms with Crippen molar-refractivity contribution in [1.82, 2.24) is 4.98 Å². The third kappa shape index (κ3) is 4.24. The van der Waals surface area contributed by atoms with Crippen molar-refractivity contribution < 1.29 is 4.42 Å². The molecule has 0 aliphatic carbocycles. The van der Waals surface area contributed by atoms with Crippen LogP contribution in [0.1, 0.15) is 82.6 Å². The molecule has 2 heteroatoms. The lowest BCUT2D eigenvalue weighted by atomic mass is 9.85. The molecule has 0 amide bonds. The number of aromatic nitrogens is 1. The standard InChI is InChI=1S/C30H35NO/c1-18(2)23-10-9-11-24(19(3)4)29(23)28-17-26-27(32-28)13-12-25(31-26)21-14-20(5)15-22(16-21)30(6,7)8/h9-19H,1-8H3. The second kappa shape index (κ2) is 8.24. The second-order valence-electron chi connectivity index (χ2n) is 10.6. The molecule has 0 radical (unpaired) electrons. The summed E-state index contributed by atoms with van der Waals surface area (Å²) in [4.78, 5) is 5.01. The Balaban J connectivity index is 1.86. The zero-order valence-electron chi connectivity index (χ0n) is 20.7. The van der Waals surface area contributed by atoms with Gasteiger partial charge in [0, 0.05) is 17.2 Å². The van der Waals surface area contributed by atoms with Crippen molar-refractivity contribution in [1.29, 1.82) is 0 Å². The van der Waals surface area contributed by atoms with E-state index in [-0.39, 0.29) is 5.41 Å². The van der Waals surface area contributed by atoms with Crippen molar-refractivity contribution in [2.75, 3.05) is 0 Å². The van der Waals surface area contributed by atoms with Crippen LogP contribution in [-0.4, -0.2) is 4.98 Å². The summed E-state index contributed by atoms with van der Waals surface area (Å²) in [5.74, 6) is 1.75. The molecule has 166 valence electrons. The quantitative estimate of drug-likeness (QED) is 0.326. The normalized spacial score (nSPS) is 12.3. The lowest BCUT2D eigenvalue weighted by molar-refractivity contribution is 0.590. The number of hydrogen-bond donors (Lipinski definition) is 0. The zero-order chi connectivity index (χ0) is 23.2. The lowest BCUT2D eigenvalue weighted by Gasteiger charge is -2.20. The molecule has 32 heavy (non-hydrogen) atoms. The van der Waals surface area contributed by atoms with Crippen LogP contribution >= 0.6 is 0 Å². The second-order valence-corrected chi connectivity index (χ2v) is 10.6. The van der Waals surface area contributed by atoms with Gasteiger partial charge in [-0.25, -0.2) is 4.98 Å². The molecule has 0 N–H and O–H groups in total. The van der Waals surface area contributed by atoms with Crippen molar-refractivity contribution in [3.05, 3.63) is 76.9 Å². The highest BCUT2D eigenvalue weighted by molar-refractivity contribution is 5.83. The maximum absolute atomic E-state index is 6.37. The fraction of sp³-hybridized carbons (Fsp3) is 0.367. The van der Waals surface area contributed by atoms with Gasteiger partial charge in [-0.05, 0) is 65.1 Å². The summed E-state index contributed by atoms with van der Waals surface area (Å²) < 4.78 is 6.37. The van der Waals surface area contributed by atoms with Crippen LogP contribution in [0.25, 0.3) is 33.7 Å². The number of fused-ring (bicyclic) bond motifs is 1. The first-order valence-corrected chi connectivity index (χ1v) is 11.7. The van der Waals surface area contributed by atoms with E-state index >= 15 is 0 Å². The highest BCUT2D eigenvalue weighted by atomic mass is 16.3. The van der Waals surface area contributed by atoms with Crippen molar-refractivity contribution in [3.8, 4) is 22.6 Å². The van der Waals surface area contributed by atoms with E-state index in [0.717, 1.165) is 28.1 Å². The average molecular weight is 426 g/mol. The number of aryl methyl sites for hydroxylation is 1. The van der Waals surface area contributed by atoms with Crippen molar-refractivity contribution in [2.24, 2.45) is 0 Å². The molecule has 0 spiro atoms. The Morgan fingerprint density at radius 2 is 1.47 bits per heavy atom. The van der Waals surface area contributed by atoms with Crippen LogP contribution in [0.15, 0.2) is 59.0 Å². The Bertz CT molecular complexity index is 1240. The summed E-state index contributed by atoms with van der Waals surface area (Å²) in [5.41, 5.74) is 10.4. The van der Waals surface area contributed by atoms with Crippen LogP contribution in [0.5, 0.6) is 0 Å². The van der Waals surface area contributed by atoms with E-state index in [2.05, 4.69) is 110 Å². The lowest BCUT2D eigenvalue weighted by Crippen LogP contribution is -2.11. The van der Waals surface area contributed by atoms with E-state index in [1.807, 2.05) is 0 Å². The van der Waals surface area contributed by atoms with E-state index in [4.69, 9.17) is 9.40 Å². The van der Waals surface area contributed by atoms with Gasteiger partial charge in [-0.15, -0.1) is 0 Å². The first-order valence-electron chi connectivity index (χ1n) is 11.7. The minimum absolute atomic E-state index is 0.0987. The summed E-state index contributed by atoms with van der Waals surface area (Å²) >= 11 is 0. The molecule has 2 nitrogen and oxygen atoms in total. The molecule has 0 saturated heterocycles. The largest absolute Gasteiger partial charge is 0.454 e. The van der Waals surface area contributed by atoms with Gasteiger partial charge >= 0.3 is 0 Å². The van der Waals surface area contributed by atoms with Gasteiger partial charge in [0.25, 0.3) is 0 Å². The summed E-state index contributed by atoms with van der Waals surface area (Å²) in [6, 6.07) is 19.6. The molecule has 0 atom stereocenters. The maximum atomic E-state index is 6.37. The Labute approximate surface area is 192 Å². The summed E-state index contributed by atoms with van der Waals surface area (Å²) in [5, 5.41) is 0. The fourth-order valence-electron chi connectivity index (χ4n) is 4.41. The molecule has 0 bridgehead atoms. The third-order valence-electron chi connectivity index (χ3n) is 6.23. The Hall–Kier alpha value is -2.87. The van der Waals surface area contributed by atoms with Crippen LogP contribution in [0.4, 0.5) is 0 Å². The van der Waals surface area contributed by atoms with Gasteiger partial charge < -0.3 is 4.42 Å². The van der Waals surface area contributed by atoms with Crippen LogP contribution < -0.4 is 0 Å².